The van der Waals surface area contributed by atoms with Crippen LogP contribution in [0, 0.1) is 0 Å². The highest BCUT2D eigenvalue weighted by Gasteiger charge is 2.15. The number of aromatic nitrogens is 2. The van der Waals surface area contributed by atoms with Crippen LogP contribution in [0.5, 0.6) is 11.5 Å². The summed E-state index contributed by atoms with van der Waals surface area (Å²) in [5.41, 5.74) is 7.47. The zero-order chi connectivity index (χ0) is 22.1. The van der Waals surface area contributed by atoms with Crippen molar-refractivity contribution in [2.75, 3.05) is 25.4 Å². The van der Waals surface area contributed by atoms with Crippen LogP contribution in [-0.4, -0.2) is 35.9 Å². The molecule has 0 saturated carbocycles. The molecule has 31 heavy (non-hydrogen) atoms. The molecule has 0 saturated heterocycles. The van der Waals surface area contributed by atoms with E-state index in [1.807, 2.05) is 49.4 Å². The van der Waals surface area contributed by atoms with Crippen molar-refractivity contribution in [3.8, 4) is 11.5 Å². The quantitative estimate of drug-likeness (QED) is 0.385. The van der Waals surface area contributed by atoms with Gasteiger partial charge in [-0.3, -0.25) is 4.79 Å². The largest absolute Gasteiger partial charge is 0.490 e. The van der Waals surface area contributed by atoms with Gasteiger partial charge in [0.15, 0.2) is 11.5 Å². The lowest BCUT2D eigenvalue weighted by Gasteiger charge is -2.14. The van der Waals surface area contributed by atoms with Gasteiger partial charge in [0.25, 0.3) is 5.91 Å². The first-order valence-corrected chi connectivity index (χ1v) is 10.1. The van der Waals surface area contributed by atoms with Crippen LogP contribution >= 0.6 is 11.6 Å². The van der Waals surface area contributed by atoms with Crippen molar-refractivity contribution in [3.05, 3.63) is 64.3 Å². The number of anilines is 1. The molecule has 0 fully saturated rings. The molecule has 0 bridgehead atoms. The molecule has 0 spiro atoms. The van der Waals surface area contributed by atoms with Crippen LogP contribution in [0.3, 0.4) is 0 Å². The predicted octanol–water partition coefficient (Wildman–Crippen LogP) is 2.80. The minimum atomic E-state index is -0.430. The Morgan fingerprint density at radius 3 is 2.71 bits per heavy atom. The molecule has 0 aliphatic rings. The first-order valence-electron chi connectivity index (χ1n) is 9.76. The van der Waals surface area contributed by atoms with Crippen LogP contribution in [0.4, 0.5) is 5.82 Å². The Labute approximate surface area is 184 Å². The Morgan fingerprint density at radius 1 is 1.10 bits per heavy atom. The second-order valence-corrected chi connectivity index (χ2v) is 7.00. The topological polar surface area (TPSA) is 125 Å². The van der Waals surface area contributed by atoms with Gasteiger partial charge in [0.05, 0.1) is 6.61 Å². The maximum absolute atomic E-state index is 11.9. The molecule has 0 aliphatic carbocycles. The summed E-state index contributed by atoms with van der Waals surface area (Å²) in [6.07, 6.45) is 0. The minimum absolute atomic E-state index is 0.0188. The SMILES string of the molecule is CCOc1cc(CNCCNC(=O)c2nonc2N)ccc1OCc1cccc(Cl)c1. The normalized spacial score (nSPS) is 10.6. The highest BCUT2D eigenvalue weighted by atomic mass is 35.5. The van der Waals surface area contributed by atoms with Crippen molar-refractivity contribution in [1.29, 1.82) is 0 Å². The lowest BCUT2D eigenvalue weighted by molar-refractivity contribution is 0.0944. The fourth-order valence-electron chi connectivity index (χ4n) is 2.77. The first-order chi connectivity index (χ1) is 15.1. The van der Waals surface area contributed by atoms with Gasteiger partial charge in [0, 0.05) is 24.7 Å². The lowest BCUT2D eigenvalue weighted by Crippen LogP contribution is -2.32. The van der Waals surface area contributed by atoms with Crippen LogP contribution < -0.4 is 25.8 Å². The monoisotopic (exact) mass is 445 g/mol. The van der Waals surface area contributed by atoms with Gasteiger partial charge >= 0.3 is 0 Å². The Bertz CT molecular complexity index is 1010. The minimum Gasteiger partial charge on any atom is -0.490 e. The van der Waals surface area contributed by atoms with E-state index in [1.54, 1.807) is 0 Å². The highest BCUT2D eigenvalue weighted by Crippen LogP contribution is 2.29. The number of hydrogen-bond acceptors (Lipinski definition) is 8. The molecule has 10 heteroatoms. The Kier molecular flexibility index (Phi) is 8.08. The number of rotatable bonds is 11. The van der Waals surface area contributed by atoms with Gasteiger partial charge in [0.1, 0.15) is 6.61 Å². The molecule has 0 unspecified atom stereocenters. The Balaban J connectivity index is 1.48. The van der Waals surface area contributed by atoms with Gasteiger partial charge < -0.3 is 25.8 Å². The van der Waals surface area contributed by atoms with E-state index in [-0.39, 0.29) is 11.5 Å². The number of ether oxygens (including phenoxy) is 2. The number of nitrogens with two attached hydrogens (primary N) is 1. The number of nitrogens with zero attached hydrogens (tertiary/aromatic N) is 2. The van der Waals surface area contributed by atoms with E-state index in [1.165, 1.54) is 0 Å². The second-order valence-electron chi connectivity index (χ2n) is 6.56. The van der Waals surface area contributed by atoms with Gasteiger partial charge in [-0.15, -0.1) is 0 Å². The van der Waals surface area contributed by atoms with Crippen molar-refractivity contribution in [1.82, 2.24) is 20.9 Å². The number of halogens is 1. The van der Waals surface area contributed by atoms with Gasteiger partial charge in [0.2, 0.25) is 11.5 Å². The third kappa shape index (κ3) is 6.59. The number of amides is 1. The van der Waals surface area contributed by atoms with Gasteiger partial charge in [-0.05, 0) is 52.6 Å². The number of benzene rings is 2. The van der Waals surface area contributed by atoms with Crippen molar-refractivity contribution >= 4 is 23.3 Å². The van der Waals surface area contributed by atoms with Crippen LogP contribution in [-0.2, 0) is 13.2 Å². The fraction of sp³-hybridized carbons (Fsp3) is 0.286. The van der Waals surface area contributed by atoms with Crippen LogP contribution in [0.2, 0.25) is 5.02 Å². The molecule has 3 rings (SSSR count). The van der Waals surface area contributed by atoms with E-state index < -0.39 is 5.91 Å². The molecule has 0 radical (unpaired) electrons. The molecular formula is C21H24ClN5O4. The molecule has 9 nitrogen and oxygen atoms in total. The molecule has 1 heterocycles. The molecular weight excluding hydrogens is 422 g/mol. The molecule has 0 atom stereocenters. The fourth-order valence-corrected chi connectivity index (χ4v) is 2.98. The third-order valence-electron chi connectivity index (χ3n) is 4.24. The van der Waals surface area contributed by atoms with Gasteiger partial charge in [-0.1, -0.05) is 29.8 Å². The average Bonchev–Trinajstić information content (AvgIpc) is 3.19. The first kappa shape index (κ1) is 22.4. The number of carbonyl (C=O) groups is 1. The average molecular weight is 446 g/mol. The van der Waals surface area contributed by atoms with Crippen molar-refractivity contribution in [2.24, 2.45) is 0 Å². The number of nitrogens with one attached hydrogen (secondary N) is 2. The summed E-state index contributed by atoms with van der Waals surface area (Å²) < 4.78 is 16.1. The van der Waals surface area contributed by atoms with Crippen LogP contribution in [0.1, 0.15) is 28.5 Å². The molecule has 3 aromatic rings. The summed E-state index contributed by atoms with van der Waals surface area (Å²) in [4.78, 5) is 11.9. The zero-order valence-electron chi connectivity index (χ0n) is 17.1. The van der Waals surface area contributed by atoms with Crippen molar-refractivity contribution in [2.45, 2.75) is 20.1 Å². The summed E-state index contributed by atoms with van der Waals surface area (Å²) in [6, 6.07) is 13.3. The standard InChI is InChI=1S/C21H24ClN5O4/c1-2-29-18-11-14(6-7-17(18)30-13-15-4-3-5-16(22)10-15)12-24-8-9-25-21(28)19-20(23)27-31-26-19/h3-7,10-11,24H,2,8-9,12-13H2,1H3,(H2,23,27)(H,25,28). The smallest absolute Gasteiger partial charge is 0.277 e. The maximum Gasteiger partial charge on any atom is 0.277 e. The summed E-state index contributed by atoms with van der Waals surface area (Å²) in [6.45, 7) is 4.38. The summed E-state index contributed by atoms with van der Waals surface area (Å²) in [7, 11) is 0. The predicted molar refractivity (Wildman–Crippen MR) is 116 cm³/mol. The summed E-state index contributed by atoms with van der Waals surface area (Å²) >= 11 is 6.02. The van der Waals surface area contributed by atoms with Crippen molar-refractivity contribution in [3.63, 3.8) is 0 Å². The van der Waals surface area contributed by atoms with E-state index in [0.29, 0.717) is 49.4 Å². The Hall–Kier alpha value is -3.30. The molecule has 2 aromatic carbocycles. The molecule has 1 amide bonds. The van der Waals surface area contributed by atoms with E-state index in [4.69, 9.17) is 26.8 Å². The third-order valence-corrected chi connectivity index (χ3v) is 4.47. The lowest BCUT2D eigenvalue weighted by atomic mass is 10.2. The number of carbonyl (C=O) groups excluding carboxylic acids is 1. The Morgan fingerprint density at radius 2 is 1.97 bits per heavy atom. The van der Waals surface area contributed by atoms with Crippen molar-refractivity contribution < 1.29 is 18.9 Å². The van der Waals surface area contributed by atoms with E-state index in [9.17, 15) is 4.79 Å². The van der Waals surface area contributed by atoms with E-state index >= 15 is 0 Å². The maximum atomic E-state index is 11.9. The highest BCUT2D eigenvalue weighted by molar-refractivity contribution is 6.30. The summed E-state index contributed by atoms with van der Waals surface area (Å²) in [5.74, 6) is 0.870. The second kappa shape index (κ2) is 11.2. The summed E-state index contributed by atoms with van der Waals surface area (Å²) in [5, 5.41) is 13.4. The number of hydrogen-bond donors (Lipinski definition) is 3. The molecule has 0 aliphatic heterocycles. The molecule has 4 N–H and O–H groups in total. The van der Waals surface area contributed by atoms with E-state index in [0.717, 1.165) is 11.1 Å². The molecule has 1 aromatic heterocycles. The number of nitrogen functional groups attached to an aromatic ring is 1. The van der Waals surface area contributed by atoms with Crippen LogP contribution in [0.25, 0.3) is 0 Å². The van der Waals surface area contributed by atoms with E-state index in [2.05, 4.69) is 25.6 Å². The van der Waals surface area contributed by atoms with Gasteiger partial charge in [-0.2, -0.15) is 0 Å². The zero-order valence-corrected chi connectivity index (χ0v) is 17.8. The molecule has 164 valence electrons. The van der Waals surface area contributed by atoms with Crippen LogP contribution in [0.15, 0.2) is 47.1 Å². The van der Waals surface area contributed by atoms with Gasteiger partial charge in [-0.25, -0.2) is 4.63 Å².